The smallest absolute Gasteiger partial charge is 0.262 e. The molecular formula is C20H21N3O3. The molecule has 0 fully saturated rings. The Balaban J connectivity index is 1.52. The highest BCUT2D eigenvalue weighted by Gasteiger charge is 2.33. The third-order valence-corrected chi connectivity index (χ3v) is 4.81. The summed E-state index contributed by atoms with van der Waals surface area (Å²) in [5.41, 5.74) is 3.57. The number of anilines is 3. The van der Waals surface area contributed by atoms with Crippen LogP contribution in [-0.2, 0) is 16.0 Å². The maximum atomic E-state index is 13.0. The molecule has 2 aliphatic rings. The number of hydrogen-bond acceptors (Lipinski definition) is 4. The molecule has 26 heavy (non-hydrogen) atoms. The highest BCUT2D eigenvalue weighted by molar-refractivity contribution is 6.01. The average Bonchev–Trinajstić information content (AvgIpc) is 2.96. The zero-order valence-electron chi connectivity index (χ0n) is 14.8. The van der Waals surface area contributed by atoms with Gasteiger partial charge in [-0.05, 0) is 50.1 Å². The van der Waals surface area contributed by atoms with Gasteiger partial charge in [0.1, 0.15) is 11.8 Å². The lowest BCUT2D eigenvalue weighted by Gasteiger charge is -2.27. The zero-order valence-corrected chi connectivity index (χ0v) is 14.8. The van der Waals surface area contributed by atoms with E-state index in [-0.39, 0.29) is 24.5 Å². The number of ether oxygens (including phenoxy) is 1. The number of fused-ring (bicyclic) bond motifs is 2. The molecule has 0 aromatic heterocycles. The maximum Gasteiger partial charge on any atom is 0.262 e. The molecule has 0 bridgehead atoms. The van der Waals surface area contributed by atoms with E-state index in [2.05, 4.69) is 23.6 Å². The van der Waals surface area contributed by atoms with Crippen LogP contribution in [0.1, 0.15) is 19.4 Å². The molecule has 2 aliphatic heterocycles. The standard InChI is InChI=1S/C20H21N3O3/c1-12-9-14-5-3-4-6-17(14)23(12)20(25)13(2)21-15-7-8-18-16(10-15)22-19(24)11-26-18/h3-8,10,12-13,21H,9,11H2,1-2H3,(H,22,24)/t12-,13-/m0/s1. The van der Waals surface area contributed by atoms with Gasteiger partial charge >= 0.3 is 0 Å². The first-order valence-corrected chi connectivity index (χ1v) is 8.77. The van der Waals surface area contributed by atoms with Gasteiger partial charge in [0.2, 0.25) is 5.91 Å². The van der Waals surface area contributed by atoms with E-state index in [1.807, 2.05) is 36.1 Å². The van der Waals surface area contributed by atoms with Crippen molar-refractivity contribution >= 4 is 28.9 Å². The van der Waals surface area contributed by atoms with Gasteiger partial charge in [-0.2, -0.15) is 0 Å². The summed E-state index contributed by atoms with van der Waals surface area (Å²) >= 11 is 0. The molecule has 2 amide bonds. The Morgan fingerprint density at radius 1 is 1.31 bits per heavy atom. The SMILES string of the molecule is C[C@H](Nc1ccc2c(c1)NC(=O)CO2)C(=O)N1c2ccccc2C[C@@H]1C. The minimum atomic E-state index is -0.401. The van der Waals surface area contributed by atoms with Gasteiger partial charge in [0.05, 0.1) is 5.69 Å². The highest BCUT2D eigenvalue weighted by Crippen LogP contribution is 2.33. The molecule has 0 unspecified atom stereocenters. The fraction of sp³-hybridized carbons (Fsp3) is 0.300. The number of para-hydroxylation sites is 1. The molecule has 2 aromatic carbocycles. The summed E-state index contributed by atoms with van der Waals surface area (Å²) in [4.78, 5) is 26.4. The Bertz CT molecular complexity index is 880. The van der Waals surface area contributed by atoms with E-state index in [0.717, 1.165) is 17.8 Å². The number of rotatable bonds is 3. The molecule has 2 aromatic rings. The molecule has 2 atom stereocenters. The van der Waals surface area contributed by atoms with Gasteiger partial charge in [-0.15, -0.1) is 0 Å². The van der Waals surface area contributed by atoms with Gasteiger partial charge in [0.25, 0.3) is 5.91 Å². The van der Waals surface area contributed by atoms with Crippen molar-refractivity contribution in [3.05, 3.63) is 48.0 Å². The van der Waals surface area contributed by atoms with Crippen molar-refractivity contribution in [1.82, 2.24) is 0 Å². The maximum absolute atomic E-state index is 13.0. The fourth-order valence-corrected chi connectivity index (χ4v) is 3.59. The Morgan fingerprint density at radius 3 is 2.96 bits per heavy atom. The normalized spacial score (nSPS) is 19.1. The van der Waals surface area contributed by atoms with Crippen LogP contribution in [-0.4, -0.2) is 30.5 Å². The van der Waals surface area contributed by atoms with Crippen LogP contribution in [0.3, 0.4) is 0 Å². The second-order valence-corrected chi connectivity index (χ2v) is 6.80. The van der Waals surface area contributed by atoms with E-state index in [4.69, 9.17) is 4.74 Å². The van der Waals surface area contributed by atoms with Crippen LogP contribution in [0.2, 0.25) is 0 Å². The van der Waals surface area contributed by atoms with Crippen molar-refractivity contribution in [1.29, 1.82) is 0 Å². The van der Waals surface area contributed by atoms with Gasteiger partial charge < -0.3 is 20.3 Å². The topological polar surface area (TPSA) is 70.7 Å². The molecule has 0 radical (unpaired) electrons. The summed E-state index contributed by atoms with van der Waals surface area (Å²) in [7, 11) is 0. The predicted molar refractivity (Wildman–Crippen MR) is 101 cm³/mol. The van der Waals surface area contributed by atoms with Crippen molar-refractivity contribution in [2.45, 2.75) is 32.4 Å². The number of carbonyl (C=O) groups excluding carboxylic acids is 2. The average molecular weight is 351 g/mol. The summed E-state index contributed by atoms with van der Waals surface area (Å²) in [5.74, 6) is 0.484. The minimum absolute atomic E-state index is 0.0282. The van der Waals surface area contributed by atoms with Crippen LogP contribution in [0, 0.1) is 0 Å². The first kappa shape index (κ1) is 16.4. The highest BCUT2D eigenvalue weighted by atomic mass is 16.5. The van der Waals surface area contributed by atoms with Crippen molar-refractivity contribution < 1.29 is 14.3 Å². The molecule has 2 heterocycles. The molecule has 2 N–H and O–H groups in total. The molecule has 0 spiro atoms. The van der Waals surface area contributed by atoms with Gasteiger partial charge in [-0.3, -0.25) is 9.59 Å². The number of nitrogens with zero attached hydrogens (tertiary/aromatic N) is 1. The van der Waals surface area contributed by atoms with E-state index < -0.39 is 6.04 Å². The van der Waals surface area contributed by atoms with Gasteiger partial charge in [-0.1, -0.05) is 18.2 Å². The van der Waals surface area contributed by atoms with E-state index in [1.54, 1.807) is 12.1 Å². The predicted octanol–water partition coefficient (Wildman–Crippen LogP) is 2.80. The summed E-state index contributed by atoms with van der Waals surface area (Å²) < 4.78 is 5.36. The van der Waals surface area contributed by atoms with Crippen molar-refractivity contribution in [3.8, 4) is 5.75 Å². The number of amides is 2. The molecular weight excluding hydrogens is 330 g/mol. The Hall–Kier alpha value is -3.02. The summed E-state index contributed by atoms with van der Waals surface area (Å²) in [6.07, 6.45) is 0.872. The van der Waals surface area contributed by atoms with Crippen LogP contribution >= 0.6 is 0 Å². The fourth-order valence-electron chi connectivity index (χ4n) is 3.59. The van der Waals surface area contributed by atoms with Crippen molar-refractivity contribution in [2.24, 2.45) is 0 Å². The molecule has 6 nitrogen and oxygen atoms in total. The first-order valence-electron chi connectivity index (χ1n) is 8.77. The van der Waals surface area contributed by atoms with Crippen molar-refractivity contribution in [2.75, 3.05) is 22.1 Å². The summed E-state index contributed by atoms with van der Waals surface area (Å²) in [6.45, 7) is 3.95. The zero-order chi connectivity index (χ0) is 18.3. The Kier molecular flexibility index (Phi) is 4.03. The first-order chi connectivity index (χ1) is 12.5. The Morgan fingerprint density at radius 2 is 2.12 bits per heavy atom. The van der Waals surface area contributed by atoms with Crippen LogP contribution in [0.25, 0.3) is 0 Å². The van der Waals surface area contributed by atoms with Crippen LogP contribution in [0.4, 0.5) is 17.1 Å². The molecule has 4 rings (SSSR count). The molecule has 0 saturated heterocycles. The van der Waals surface area contributed by atoms with Crippen LogP contribution < -0.4 is 20.3 Å². The number of hydrogen-bond donors (Lipinski definition) is 2. The van der Waals surface area contributed by atoms with E-state index in [0.29, 0.717) is 11.4 Å². The molecule has 134 valence electrons. The van der Waals surface area contributed by atoms with E-state index in [1.165, 1.54) is 5.56 Å². The van der Waals surface area contributed by atoms with Gasteiger partial charge in [0.15, 0.2) is 6.61 Å². The van der Waals surface area contributed by atoms with E-state index in [9.17, 15) is 9.59 Å². The quantitative estimate of drug-likeness (QED) is 0.892. The number of benzene rings is 2. The van der Waals surface area contributed by atoms with Crippen LogP contribution in [0.5, 0.6) is 5.75 Å². The second kappa shape index (κ2) is 6.37. The second-order valence-electron chi connectivity index (χ2n) is 6.80. The number of nitrogens with one attached hydrogen (secondary N) is 2. The minimum Gasteiger partial charge on any atom is -0.482 e. The largest absolute Gasteiger partial charge is 0.482 e. The lowest BCUT2D eigenvalue weighted by Crippen LogP contribution is -2.44. The van der Waals surface area contributed by atoms with E-state index >= 15 is 0 Å². The van der Waals surface area contributed by atoms with Gasteiger partial charge in [0, 0.05) is 17.4 Å². The monoisotopic (exact) mass is 351 g/mol. The molecule has 0 aliphatic carbocycles. The van der Waals surface area contributed by atoms with Crippen LogP contribution in [0.15, 0.2) is 42.5 Å². The lowest BCUT2D eigenvalue weighted by atomic mass is 10.1. The number of carbonyl (C=O) groups is 2. The molecule has 6 heteroatoms. The third kappa shape index (κ3) is 2.87. The Labute approximate surface area is 152 Å². The lowest BCUT2D eigenvalue weighted by molar-refractivity contribution is -0.119. The summed E-state index contributed by atoms with van der Waals surface area (Å²) in [6, 6.07) is 13.2. The summed E-state index contributed by atoms with van der Waals surface area (Å²) in [5, 5.41) is 6.02. The third-order valence-electron chi connectivity index (χ3n) is 4.81. The van der Waals surface area contributed by atoms with Crippen molar-refractivity contribution in [3.63, 3.8) is 0 Å². The van der Waals surface area contributed by atoms with Gasteiger partial charge in [-0.25, -0.2) is 0 Å². The molecule has 0 saturated carbocycles.